The van der Waals surface area contributed by atoms with Crippen LogP contribution in [0.1, 0.15) is 32.0 Å². The van der Waals surface area contributed by atoms with Gasteiger partial charge in [0.1, 0.15) is 11.4 Å². The summed E-state index contributed by atoms with van der Waals surface area (Å²) in [6.07, 6.45) is 0. The van der Waals surface area contributed by atoms with E-state index in [-0.39, 0.29) is 11.3 Å². The zero-order valence-electron chi connectivity index (χ0n) is 12.4. The predicted molar refractivity (Wildman–Crippen MR) is 82.0 cm³/mol. The highest BCUT2D eigenvalue weighted by molar-refractivity contribution is 5.95. The number of amidine groups is 1. The van der Waals surface area contributed by atoms with Gasteiger partial charge in [0.2, 0.25) is 5.88 Å². The maximum absolute atomic E-state index is 8.70. The number of para-hydroxylation sites is 1. The lowest BCUT2D eigenvalue weighted by Crippen LogP contribution is -2.15. The molecule has 0 saturated heterocycles. The van der Waals surface area contributed by atoms with E-state index in [9.17, 15) is 0 Å². The van der Waals surface area contributed by atoms with Crippen LogP contribution in [-0.2, 0) is 5.41 Å². The second kappa shape index (κ2) is 5.83. The fourth-order valence-corrected chi connectivity index (χ4v) is 1.95. The van der Waals surface area contributed by atoms with Crippen LogP contribution < -0.4 is 10.5 Å². The first-order chi connectivity index (χ1) is 9.91. The van der Waals surface area contributed by atoms with Gasteiger partial charge in [0.05, 0.1) is 0 Å². The van der Waals surface area contributed by atoms with Gasteiger partial charge >= 0.3 is 0 Å². The fraction of sp³-hybridized carbons (Fsp3) is 0.250. The summed E-state index contributed by atoms with van der Waals surface area (Å²) in [7, 11) is 0. The molecule has 110 valence electrons. The van der Waals surface area contributed by atoms with E-state index in [0.29, 0.717) is 11.6 Å². The number of oxime groups is 1. The molecule has 0 aliphatic carbocycles. The minimum Gasteiger partial charge on any atom is -0.439 e. The van der Waals surface area contributed by atoms with Crippen molar-refractivity contribution in [1.82, 2.24) is 4.98 Å². The van der Waals surface area contributed by atoms with Gasteiger partial charge in [-0.1, -0.05) is 50.2 Å². The molecule has 0 atom stereocenters. The first kappa shape index (κ1) is 14.8. The fourth-order valence-electron chi connectivity index (χ4n) is 1.95. The van der Waals surface area contributed by atoms with E-state index in [1.807, 2.05) is 24.3 Å². The molecule has 2 rings (SSSR count). The third kappa shape index (κ3) is 3.51. The molecular weight excluding hydrogens is 266 g/mol. The molecule has 0 spiro atoms. The van der Waals surface area contributed by atoms with Crippen LogP contribution >= 0.6 is 0 Å². The second-order valence-corrected chi connectivity index (χ2v) is 5.69. The topological polar surface area (TPSA) is 80.7 Å². The van der Waals surface area contributed by atoms with Gasteiger partial charge < -0.3 is 15.7 Å². The SMILES string of the molecule is CC(C)(C)c1ccccc1Oc1cccc(C(N)=NO)n1. The van der Waals surface area contributed by atoms with Crippen LogP contribution in [0.25, 0.3) is 0 Å². The van der Waals surface area contributed by atoms with E-state index in [1.54, 1.807) is 18.2 Å². The standard InChI is InChI=1S/C16H19N3O2/c1-16(2,3)11-7-4-5-9-13(11)21-14-10-6-8-12(18-14)15(17)19-20/h4-10,20H,1-3H3,(H2,17,19). The Hall–Kier alpha value is -2.56. The van der Waals surface area contributed by atoms with Crippen LogP contribution in [0.4, 0.5) is 0 Å². The zero-order valence-corrected chi connectivity index (χ0v) is 12.4. The average Bonchev–Trinajstić information content (AvgIpc) is 2.46. The Morgan fingerprint density at radius 3 is 2.52 bits per heavy atom. The molecule has 0 amide bonds. The van der Waals surface area contributed by atoms with Gasteiger partial charge in [-0.05, 0) is 17.5 Å². The molecule has 0 fully saturated rings. The number of rotatable bonds is 3. The lowest BCUT2D eigenvalue weighted by Gasteiger charge is -2.22. The monoisotopic (exact) mass is 285 g/mol. The largest absolute Gasteiger partial charge is 0.439 e. The molecule has 0 aliphatic heterocycles. The maximum atomic E-state index is 8.70. The Kier molecular flexibility index (Phi) is 4.12. The van der Waals surface area contributed by atoms with Crippen molar-refractivity contribution in [2.75, 3.05) is 0 Å². The summed E-state index contributed by atoms with van der Waals surface area (Å²) in [5, 5.41) is 11.6. The number of aromatic nitrogens is 1. The van der Waals surface area contributed by atoms with E-state index in [2.05, 4.69) is 30.9 Å². The van der Waals surface area contributed by atoms with E-state index in [4.69, 9.17) is 15.7 Å². The molecular formula is C16H19N3O2. The highest BCUT2D eigenvalue weighted by atomic mass is 16.5. The minimum atomic E-state index is -0.0513. The molecule has 21 heavy (non-hydrogen) atoms. The van der Waals surface area contributed by atoms with Gasteiger partial charge in [0.25, 0.3) is 0 Å². The molecule has 0 radical (unpaired) electrons. The molecule has 1 aromatic heterocycles. The molecule has 2 aromatic rings. The van der Waals surface area contributed by atoms with Crippen LogP contribution in [0.2, 0.25) is 0 Å². The van der Waals surface area contributed by atoms with Crippen LogP contribution in [0.5, 0.6) is 11.6 Å². The van der Waals surface area contributed by atoms with Crippen molar-refractivity contribution in [3.8, 4) is 11.6 Å². The third-order valence-corrected chi connectivity index (χ3v) is 3.00. The molecule has 1 heterocycles. The van der Waals surface area contributed by atoms with Crippen molar-refractivity contribution in [2.24, 2.45) is 10.9 Å². The van der Waals surface area contributed by atoms with Crippen molar-refractivity contribution < 1.29 is 9.94 Å². The Bertz CT molecular complexity index is 661. The Morgan fingerprint density at radius 2 is 1.86 bits per heavy atom. The quantitative estimate of drug-likeness (QED) is 0.392. The van der Waals surface area contributed by atoms with Gasteiger partial charge in [-0.3, -0.25) is 0 Å². The number of nitrogens with zero attached hydrogens (tertiary/aromatic N) is 2. The lowest BCUT2D eigenvalue weighted by atomic mass is 9.86. The van der Waals surface area contributed by atoms with E-state index in [0.717, 1.165) is 11.3 Å². The summed E-state index contributed by atoms with van der Waals surface area (Å²) in [6.45, 7) is 6.36. The summed E-state index contributed by atoms with van der Waals surface area (Å²) < 4.78 is 5.87. The van der Waals surface area contributed by atoms with Gasteiger partial charge in [0, 0.05) is 11.6 Å². The van der Waals surface area contributed by atoms with Crippen molar-refractivity contribution in [3.05, 3.63) is 53.7 Å². The van der Waals surface area contributed by atoms with Gasteiger partial charge in [-0.15, -0.1) is 0 Å². The third-order valence-electron chi connectivity index (χ3n) is 3.00. The van der Waals surface area contributed by atoms with E-state index >= 15 is 0 Å². The molecule has 0 unspecified atom stereocenters. The van der Waals surface area contributed by atoms with Crippen LogP contribution in [-0.4, -0.2) is 16.0 Å². The van der Waals surface area contributed by atoms with E-state index < -0.39 is 0 Å². The summed E-state index contributed by atoms with van der Waals surface area (Å²) in [4.78, 5) is 4.22. The summed E-state index contributed by atoms with van der Waals surface area (Å²) in [5.41, 5.74) is 6.94. The molecule has 5 nitrogen and oxygen atoms in total. The van der Waals surface area contributed by atoms with Crippen LogP contribution in [0, 0.1) is 0 Å². The molecule has 1 aromatic carbocycles. The second-order valence-electron chi connectivity index (χ2n) is 5.69. The first-order valence-electron chi connectivity index (χ1n) is 6.64. The lowest BCUT2D eigenvalue weighted by molar-refractivity contribution is 0.318. The maximum Gasteiger partial charge on any atom is 0.219 e. The summed E-state index contributed by atoms with van der Waals surface area (Å²) in [5.74, 6) is 1.09. The number of ether oxygens (including phenoxy) is 1. The molecule has 0 bridgehead atoms. The summed E-state index contributed by atoms with van der Waals surface area (Å²) >= 11 is 0. The predicted octanol–water partition coefficient (Wildman–Crippen LogP) is 3.27. The number of benzene rings is 1. The van der Waals surface area contributed by atoms with Gasteiger partial charge in [-0.25, -0.2) is 4.98 Å². The van der Waals surface area contributed by atoms with Crippen molar-refractivity contribution in [2.45, 2.75) is 26.2 Å². The molecule has 0 aliphatic rings. The molecule has 5 heteroatoms. The number of nitrogens with two attached hydrogens (primary N) is 1. The smallest absolute Gasteiger partial charge is 0.219 e. The number of hydrogen-bond acceptors (Lipinski definition) is 4. The Morgan fingerprint density at radius 1 is 1.14 bits per heavy atom. The molecule has 3 N–H and O–H groups in total. The van der Waals surface area contributed by atoms with Crippen molar-refractivity contribution in [3.63, 3.8) is 0 Å². The summed E-state index contributed by atoms with van der Waals surface area (Å²) in [6, 6.07) is 13.0. The molecule has 0 saturated carbocycles. The highest BCUT2D eigenvalue weighted by Gasteiger charge is 2.19. The van der Waals surface area contributed by atoms with Crippen molar-refractivity contribution >= 4 is 5.84 Å². The minimum absolute atomic E-state index is 0.0419. The van der Waals surface area contributed by atoms with Crippen LogP contribution in [0.3, 0.4) is 0 Å². The highest BCUT2D eigenvalue weighted by Crippen LogP contribution is 2.33. The average molecular weight is 285 g/mol. The number of pyridine rings is 1. The van der Waals surface area contributed by atoms with Gasteiger partial charge in [0.15, 0.2) is 5.84 Å². The Labute approximate surface area is 124 Å². The Balaban J connectivity index is 2.35. The van der Waals surface area contributed by atoms with E-state index in [1.165, 1.54) is 0 Å². The number of hydrogen-bond donors (Lipinski definition) is 2. The van der Waals surface area contributed by atoms with Gasteiger partial charge in [-0.2, -0.15) is 0 Å². The zero-order chi connectivity index (χ0) is 15.5. The van der Waals surface area contributed by atoms with Crippen molar-refractivity contribution in [1.29, 1.82) is 0 Å². The normalized spacial score (nSPS) is 12.2. The van der Waals surface area contributed by atoms with Crippen LogP contribution in [0.15, 0.2) is 47.6 Å². The first-order valence-corrected chi connectivity index (χ1v) is 6.64.